The van der Waals surface area contributed by atoms with Gasteiger partial charge in [-0.25, -0.2) is 0 Å². The number of carbonyl (C=O) groups excluding carboxylic acids is 1. The molecular weight excluding hydrogens is 592 g/mol. The maximum Gasteiger partial charge on any atom is 0.312 e. The minimum absolute atomic E-state index is 0.153. The zero-order valence-corrected chi connectivity index (χ0v) is 20.9. The van der Waals surface area contributed by atoms with Crippen LogP contribution in [0.3, 0.4) is 0 Å². The van der Waals surface area contributed by atoms with Crippen LogP contribution in [0.25, 0.3) is 0 Å². The number of hydrogen-bond donors (Lipinski definition) is 0. The highest BCUT2D eigenvalue weighted by atomic mass is 127. The summed E-state index contributed by atoms with van der Waals surface area (Å²) in [5.41, 5.74) is 2.23. The molecule has 0 aromatic heterocycles. The van der Waals surface area contributed by atoms with Gasteiger partial charge >= 0.3 is 5.97 Å². The fourth-order valence-electron chi connectivity index (χ4n) is 4.81. The van der Waals surface area contributed by atoms with E-state index in [9.17, 15) is 4.79 Å². The lowest BCUT2D eigenvalue weighted by Crippen LogP contribution is -2.53. The van der Waals surface area contributed by atoms with E-state index in [1.807, 2.05) is 0 Å². The molecule has 0 saturated carbocycles. The van der Waals surface area contributed by atoms with Gasteiger partial charge in [0.15, 0.2) is 0 Å². The number of hydrogen-bond acceptors (Lipinski definition) is 4. The Morgan fingerprint density at radius 3 is 2.07 bits per heavy atom. The van der Waals surface area contributed by atoms with E-state index in [1.54, 1.807) is 0 Å². The van der Waals surface area contributed by atoms with E-state index in [0.717, 1.165) is 30.4 Å². The van der Waals surface area contributed by atoms with Gasteiger partial charge in [0.2, 0.25) is 0 Å². The summed E-state index contributed by atoms with van der Waals surface area (Å²) >= 11 is 4.64. The van der Waals surface area contributed by atoms with Crippen molar-refractivity contribution in [3.63, 3.8) is 0 Å². The molecule has 0 spiro atoms. The molecule has 2 aromatic carbocycles. The van der Waals surface area contributed by atoms with Crippen LogP contribution >= 0.6 is 45.2 Å². The van der Waals surface area contributed by atoms with Crippen molar-refractivity contribution in [1.29, 1.82) is 0 Å². The first-order chi connectivity index (χ1) is 14.0. The number of fused-ring (bicyclic) bond motifs is 2. The van der Waals surface area contributed by atoms with Gasteiger partial charge < -0.3 is 9.47 Å². The van der Waals surface area contributed by atoms with Gasteiger partial charge in [-0.05, 0) is 107 Å². The zero-order chi connectivity index (χ0) is 20.5. The number of benzene rings is 2. The Labute approximate surface area is 199 Å². The second-order valence-corrected chi connectivity index (χ2v) is 10.4. The Hall–Kier alpha value is -0.710. The number of rotatable bonds is 5. The van der Waals surface area contributed by atoms with Gasteiger partial charge in [-0.3, -0.25) is 9.69 Å². The molecule has 0 radical (unpaired) electrons. The second kappa shape index (κ2) is 9.20. The lowest BCUT2D eigenvalue weighted by Gasteiger charge is -2.42. The van der Waals surface area contributed by atoms with Crippen LogP contribution in [0, 0.1) is 13.1 Å². The van der Waals surface area contributed by atoms with Gasteiger partial charge in [0, 0.05) is 19.2 Å². The highest BCUT2D eigenvalue weighted by Crippen LogP contribution is 2.42. The van der Waals surface area contributed by atoms with Crippen molar-refractivity contribution in [2.75, 3.05) is 14.2 Å². The lowest BCUT2D eigenvalue weighted by atomic mass is 9.87. The third kappa shape index (κ3) is 4.50. The molecule has 154 valence electrons. The van der Waals surface area contributed by atoms with Gasteiger partial charge in [0.25, 0.3) is 0 Å². The monoisotopic (exact) mass is 617 g/mol. The van der Waals surface area contributed by atoms with Crippen molar-refractivity contribution in [2.45, 2.75) is 43.6 Å². The van der Waals surface area contributed by atoms with Gasteiger partial charge in [-0.1, -0.05) is 24.3 Å². The molecular formula is C23H25I2NO3. The molecule has 0 N–H and O–H groups in total. The molecule has 4 rings (SSSR count). The van der Waals surface area contributed by atoms with Crippen LogP contribution in [0.1, 0.15) is 36.5 Å². The van der Waals surface area contributed by atoms with Crippen LogP contribution in [0.2, 0.25) is 0 Å². The average Bonchev–Trinajstić information content (AvgIpc) is 2.96. The molecule has 2 aromatic rings. The van der Waals surface area contributed by atoms with Crippen molar-refractivity contribution < 1.29 is 14.3 Å². The minimum Gasteiger partial charge on any atom is -0.469 e. The molecule has 2 bridgehead atoms. The first kappa shape index (κ1) is 21.5. The number of halogens is 2. The topological polar surface area (TPSA) is 38.8 Å². The Bertz CT molecular complexity index is 810. The largest absolute Gasteiger partial charge is 0.469 e. The molecule has 2 aliphatic heterocycles. The van der Waals surface area contributed by atoms with Crippen molar-refractivity contribution in [1.82, 2.24) is 4.90 Å². The molecule has 6 heteroatoms. The summed E-state index contributed by atoms with van der Waals surface area (Å²) in [6.45, 7) is 0. The SMILES string of the molecule is COC(=O)[C@H]1[C@@H](OC(c2ccc(I)cc2)c2ccc(I)cc2)C[C@H]2CC[C@@H]1N2C. The predicted molar refractivity (Wildman–Crippen MR) is 130 cm³/mol. The third-order valence-corrected chi connectivity index (χ3v) is 7.78. The van der Waals surface area contributed by atoms with Gasteiger partial charge in [-0.15, -0.1) is 0 Å². The van der Waals surface area contributed by atoms with Crippen LogP contribution in [0.5, 0.6) is 0 Å². The van der Waals surface area contributed by atoms with E-state index < -0.39 is 0 Å². The van der Waals surface area contributed by atoms with Gasteiger partial charge in [0.05, 0.1) is 19.1 Å². The molecule has 2 fully saturated rings. The number of ether oxygens (including phenoxy) is 2. The number of carbonyl (C=O) groups is 1. The van der Waals surface area contributed by atoms with E-state index in [-0.39, 0.29) is 30.1 Å². The first-order valence-corrected chi connectivity index (χ1v) is 12.1. The summed E-state index contributed by atoms with van der Waals surface area (Å²) in [5.74, 6) is -0.407. The van der Waals surface area contributed by atoms with Crippen molar-refractivity contribution in [3.8, 4) is 0 Å². The summed E-state index contributed by atoms with van der Waals surface area (Å²) in [5, 5.41) is 0. The van der Waals surface area contributed by atoms with Crippen LogP contribution in [0.15, 0.2) is 48.5 Å². The maximum absolute atomic E-state index is 12.7. The fourth-order valence-corrected chi connectivity index (χ4v) is 5.52. The summed E-state index contributed by atoms with van der Waals surface area (Å²) in [7, 11) is 3.61. The summed E-state index contributed by atoms with van der Waals surface area (Å²) in [6.07, 6.45) is 2.65. The van der Waals surface area contributed by atoms with Gasteiger partial charge in [0.1, 0.15) is 6.10 Å². The van der Waals surface area contributed by atoms with Gasteiger partial charge in [-0.2, -0.15) is 0 Å². The van der Waals surface area contributed by atoms with E-state index in [4.69, 9.17) is 9.47 Å². The van der Waals surface area contributed by atoms with E-state index in [2.05, 4.69) is 106 Å². The standard InChI is InChI=1S/C23H25I2NO3/c1-26-18-11-12-19(26)21(23(27)28-2)20(13-18)29-22(14-3-7-16(24)8-4-14)15-5-9-17(25)10-6-15/h3-10,18-22H,11-13H2,1-2H3/t18-,19+,20+,21-/m1/s1. The van der Waals surface area contributed by atoms with Crippen LogP contribution in [-0.2, 0) is 14.3 Å². The maximum atomic E-state index is 12.7. The number of methoxy groups -OCH3 is 1. The van der Waals surface area contributed by atoms with Crippen molar-refractivity contribution >= 4 is 51.2 Å². The number of piperidine rings is 1. The molecule has 4 atom stereocenters. The highest BCUT2D eigenvalue weighted by Gasteiger charge is 2.50. The van der Waals surface area contributed by atoms with Crippen LogP contribution in [-0.4, -0.2) is 43.2 Å². The molecule has 0 amide bonds. The molecule has 2 saturated heterocycles. The number of nitrogens with zero attached hydrogens (tertiary/aromatic N) is 1. The normalized spacial score (nSPS) is 26.7. The van der Waals surface area contributed by atoms with Crippen molar-refractivity contribution in [2.24, 2.45) is 5.92 Å². The van der Waals surface area contributed by atoms with E-state index >= 15 is 0 Å². The molecule has 4 nitrogen and oxygen atoms in total. The van der Waals surface area contributed by atoms with Crippen molar-refractivity contribution in [3.05, 3.63) is 66.8 Å². The summed E-state index contributed by atoms with van der Waals surface area (Å²) in [4.78, 5) is 15.1. The number of esters is 1. The molecule has 2 heterocycles. The smallest absolute Gasteiger partial charge is 0.312 e. The predicted octanol–water partition coefficient (Wildman–Crippen LogP) is 5.03. The lowest BCUT2D eigenvalue weighted by molar-refractivity contribution is -0.162. The Balaban J connectivity index is 1.68. The van der Waals surface area contributed by atoms with E-state index in [1.165, 1.54) is 14.3 Å². The Morgan fingerprint density at radius 2 is 1.55 bits per heavy atom. The Kier molecular flexibility index (Phi) is 6.82. The molecule has 0 unspecified atom stereocenters. The second-order valence-electron chi connectivity index (χ2n) is 7.91. The first-order valence-electron chi connectivity index (χ1n) is 9.94. The fraction of sp³-hybridized carbons (Fsp3) is 0.435. The zero-order valence-electron chi connectivity index (χ0n) is 16.6. The molecule has 2 aliphatic rings. The molecule has 29 heavy (non-hydrogen) atoms. The quantitative estimate of drug-likeness (QED) is 0.349. The summed E-state index contributed by atoms with van der Waals surface area (Å²) < 4.78 is 14.4. The summed E-state index contributed by atoms with van der Waals surface area (Å²) in [6, 6.07) is 17.6. The minimum atomic E-state index is -0.251. The van der Waals surface area contributed by atoms with Crippen LogP contribution in [0.4, 0.5) is 0 Å². The molecule has 0 aliphatic carbocycles. The third-order valence-electron chi connectivity index (χ3n) is 6.34. The average molecular weight is 617 g/mol. The Morgan fingerprint density at radius 1 is 1.00 bits per heavy atom. The van der Waals surface area contributed by atoms with Crippen LogP contribution < -0.4 is 0 Å². The highest BCUT2D eigenvalue weighted by molar-refractivity contribution is 14.1. The van der Waals surface area contributed by atoms with E-state index in [0.29, 0.717) is 6.04 Å².